The van der Waals surface area contributed by atoms with E-state index in [9.17, 15) is 13.2 Å². The second-order valence-corrected chi connectivity index (χ2v) is 4.36. The first kappa shape index (κ1) is 12.8. The molecule has 0 radical (unpaired) electrons. The van der Waals surface area contributed by atoms with Gasteiger partial charge in [0.1, 0.15) is 0 Å². The van der Waals surface area contributed by atoms with Crippen molar-refractivity contribution < 1.29 is 13.2 Å². The molecule has 90 valence electrons. The van der Waals surface area contributed by atoms with E-state index in [0.717, 1.165) is 6.54 Å². The highest BCUT2D eigenvalue weighted by molar-refractivity contribution is 4.71. The molecule has 1 fully saturated rings. The van der Waals surface area contributed by atoms with Crippen molar-refractivity contribution in [2.45, 2.75) is 63.6 Å². The van der Waals surface area contributed by atoms with Crippen molar-refractivity contribution in [2.75, 3.05) is 6.54 Å². The summed E-state index contributed by atoms with van der Waals surface area (Å²) in [4.78, 5) is 0. The van der Waals surface area contributed by atoms with E-state index >= 15 is 0 Å². The van der Waals surface area contributed by atoms with Gasteiger partial charge >= 0.3 is 6.18 Å². The van der Waals surface area contributed by atoms with Gasteiger partial charge in [0.05, 0.1) is 0 Å². The summed E-state index contributed by atoms with van der Waals surface area (Å²) in [5, 5.41) is 3.34. The van der Waals surface area contributed by atoms with Gasteiger partial charge in [-0.15, -0.1) is 0 Å². The number of hydrogen-bond donors (Lipinski definition) is 1. The van der Waals surface area contributed by atoms with Crippen molar-refractivity contribution in [1.29, 1.82) is 0 Å². The van der Waals surface area contributed by atoms with Crippen LogP contribution in [0.5, 0.6) is 0 Å². The third-order valence-electron chi connectivity index (χ3n) is 2.93. The molecule has 4 heteroatoms. The summed E-state index contributed by atoms with van der Waals surface area (Å²) in [7, 11) is 0. The molecule has 1 N–H and O–H groups in total. The van der Waals surface area contributed by atoms with Gasteiger partial charge in [-0.1, -0.05) is 19.3 Å². The molecule has 0 aliphatic heterocycles. The van der Waals surface area contributed by atoms with E-state index in [1.54, 1.807) is 0 Å². The van der Waals surface area contributed by atoms with Gasteiger partial charge in [0.25, 0.3) is 0 Å². The third-order valence-corrected chi connectivity index (χ3v) is 2.93. The van der Waals surface area contributed by atoms with Gasteiger partial charge in [-0.05, 0) is 32.2 Å². The van der Waals surface area contributed by atoms with Crippen molar-refractivity contribution in [3.8, 4) is 0 Å². The Morgan fingerprint density at radius 2 is 1.67 bits per heavy atom. The van der Waals surface area contributed by atoms with Crippen LogP contribution in [0.2, 0.25) is 0 Å². The van der Waals surface area contributed by atoms with Crippen molar-refractivity contribution in [3.63, 3.8) is 0 Å². The quantitative estimate of drug-likeness (QED) is 0.702. The third kappa shape index (κ3) is 6.77. The van der Waals surface area contributed by atoms with Crippen LogP contribution in [0, 0.1) is 0 Å². The minimum Gasteiger partial charge on any atom is -0.314 e. The molecular formula is C11H20F3N. The van der Waals surface area contributed by atoms with Gasteiger partial charge < -0.3 is 5.32 Å². The molecule has 0 aromatic carbocycles. The zero-order valence-electron chi connectivity index (χ0n) is 9.08. The lowest BCUT2D eigenvalue weighted by molar-refractivity contribution is -0.135. The Labute approximate surface area is 89.4 Å². The maximum atomic E-state index is 11.8. The normalized spacial score (nSPS) is 19.4. The lowest BCUT2D eigenvalue weighted by Gasteiger charge is -2.22. The molecule has 0 spiro atoms. The zero-order valence-corrected chi connectivity index (χ0v) is 9.08. The molecule has 0 aromatic rings. The lowest BCUT2D eigenvalue weighted by Crippen LogP contribution is -2.31. The Balaban J connectivity index is 1.92. The SMILES string of the molecule is FC(F)(F)CCCCNC1CCCCC1. The number of halogens is 3. The summed E-state index contributed by atoms with van der Waals surface area (Å²) in [5.74, 6) is 0. The first-order chi connectivity index (χ1) is 7.08. The van der Waals surface area contributed by atoms with E-state index < -0.39 is 12.6 Å². The Hall–Kier alpha value is -0.250. The van der Waals surface area contributed by atoms with Crippen LogP contribution in [0.1, 0.15) is 51.4 Å². The van der Waals surface area contributed by atoms with Crippen LogP contribution in [-0.4, -0.2) is 18.8 Å². The minimum absolute atomic E-state index is 0.253. The van der Waals surface area contributed by atoms with Crippen LogP contribution in [0.25, 0.3) is 0 Å². The van der Waals surface area contributed by atoms with Crippen molar-refractivity contribution in [3.05, 3.63) is 0 Å². The number of nitrogens with one attached hydrogen (secondary N) is 1. The predicted molar refractivity (Wildman–Crippen MR) is 54.8 cm³/mol. The average Bonchev–Trinajstić information content (AvgIpc) is 2.17. The second kappa shape index (κ2) is 6.36. The molecule has 0 atom stereocenters. The molecule has 0 amide bonds. The van der Waals surface area contributed by atoms with Gasteiger partial charge in [-0.2, -0.15) is 13.2 Å². The van der Waals surface area contributed by atoms with Gasteiger partial charge in [0.2, 0.25) is 0 Å². The van der Waals surface area contributed by atoms with Crippen molar-refractivity contribution in [1.82, 2.24) is 5.32 Å². The monoisotopic (exact) mass is 223 g/mol. The summed E-state index contributed by atoms with van der Waals surface area (Å²) in [6.45, 7) is 0.737. The Bertz CT molecular complexity index is 162. The van der Waals surface area contributed by atoms with Crippen LogP contribution >= 0.6 is 0 Å². The van der Waals surface area contributed by atoms with Crippen molar-refractivity contribution in [2.24, 2.45) is 0 Å². The Morgan fingerprint density at radius 1 is 1.00 bits per heavy atom. The lowest BCUT2D eigenvalue weighted by atomic mass is 9.95. The van der Waals surface area contributed by atoms with E-state index in [2.05, 4.69) is 5.32 Å². The van der Waals surface area contributed by atoms with Crippen LogP contribution in [0.15, 0.2) is 0 Å². The fourth-order valence-electron chi connectivity index (χ4n) is 2.06. The Morgan fingerprint density at radius 3 is 2.27 bits per heavy atom. The fourth-order valence-corrected chi connectivity index (χ4v) is 2.06. The summed E-state index contributed by atoms with van der Waals surface area (Å²) in [6.07, 6.45) is 2.49. The van der Waals surface area contributed by atoms with Crippen molar-refractivity contribution >= 4 is 0 Å². The molecule has 15 heavy (non-hydrogen) atoms. The molecule has 0 heterocycles. The maximum absolute atomic E-state index is 11.8. The highest BCUT2D eigenvalue weighted by Gasteiger charge is 2.25. The molecule has 1 rings (SSSR count). The van der Waals surface area contributed by atoms with Crippen LogP contribution in [0.4, 0.5) is 13.2 Å². The first-order valence-electron chi connectivity index (χ1n) is 5.88. The topological polar surface area (TPSA) is 12.0 Å². The zero-order chi connectivity index (χ0) is 11.1. The van der Waals surface area contributed by atoms with E-state index in [1.165, 1.54) is 32.1 Å². The minimum atomic E-state index is -3.98. The molecular weight excluding hydrogens is 203 g/mol. The van der Waals surface area contributed by atoms with E-state index in [1.807, 2.05) is 0 Å². The number of unbranched alkanes of at least 4 members (excludes halogenated alkanes) is 1. The highest BCUT2D eigenvalue weighted by atomic mass is 19.4. The number of hydrogen-bond acceptors (Lipinski definition) is 1. The van der Waals surface area contributed by atoms with Gasteiger partial charge in [0, 0.05) is 12.5 Å². The average molecular weight is 223 g/mol. The molecule has 0 aromatic heterocycles. The standard InChI is InChI=1S/C11H20F3N/c12-11(13,14)8-4-5-9-15-10-6-2-1-3-7-10/h10,15H,1-9H2. The van der Waals surface area contributed by atoms with Crippen LogP contribution in [0.3, 0.4) is 0 Å². The van der Waals surface area contributed by atoms with Crippen LogP contribution in [-0.2, 0) is 0 Å². The number of alkyl halides is 3. The maximum Gasteiger partial charge on any atom is 0.389 e. The second-order valence-electron chi connectivity index (χ2n) is 4.36. The van der Waals surface area contributed by atoms with Gasteiger partial charge in [0.15, 0.2) is 0 Å². The van der Waals surface area contributed by atoms with E-state index in [0.29, 0.717) is 12.5 Å². The fraction of sp³-hybridized carbons (Fsp3) is 1.00. The Kier molecular flexibility index (Phi) is 5.43. The smallest absolute Gasteiger partial charge is 0.314 e. The highest BCUT2D eigenvalue weighted by Crippen LogP contribution is 2.22. The molecule has 0 saturated heterocycles. The van der Waals surface area contributed by atoms with Crippen LogP contribution < -0.4 is 5.32 Å². The summed E-state index contributed by atoms with van der Waals surface area (Å²) in [5.41, 5.74) is 0. The van der Waals surface area contributed by atoms with Gasteiger partial charge in [-0.3, -0.25) is 0 Å². The summed E-state index contributed by atoms with van der Waals surface area (Å²) >= 11 is 0. The molecule has 0 unspecified atom stereocenters. The molecule has 1 nitrogen and oxygen atoms in total. The number of rotatable bonds is 5. The molecule has 1 aliphatic carbocycles. The summed E-state index contributed by atoms with van der Waals surface area (Å²) < 4.78 is 35.5. The first-order valence-corrected chi connectivity index (χ1v) is 5.88. The molecule has 1 aliphatic rings. The summed E-state index contributed by atoms with van der Waals surface area (Å²) in [6, 6.07) is 0.560. The molecule has 0 bridgehead atoms. The largest absolute Gasteiger partial charge is 0.389 e. The predicted octanol–water partition coefficient (Wildman–Crippen LogP) is 3.64. The van der Waals surface area contributed by atoms with Gasteiger partial charge in [-0.25, -0.2) is 0 Å². The molecule has 1 saturated carbocycles. The van der Waals surface area contributed by atoms with E-state index in [4.69, 9.17) is 0 Å². The van der Waals surface area contributed by atoms with E-state index in [-0.39, 0.29) is 6.42 Å².